The van der Waals surface area contributed by atoms with Gasteiger partial charge >= 0.3 is 10.4 Å². The molecule has 0 saturated carbocycles. The number of benzene rings is 1. The number of aromatic nitrogens is 2. The molecule has 24 heavy (non-hydrogen) atoms. The Morgan fingerprint density at radius 1 is 1.21 bits per heavy atom. The van der Waals surface area contributed by atoms with E-state index in [9.17, 15) is 21.6 Å². The molecular weight excluding hydrogens is 362 g/mol. The molecule has 0 aliphatic rings. The minimum atomic E-state index is -4.62. The van der Waals surface area contributed by atoms with Crippen molar-refractivity contribution < 1.29 is 25.6 Å². The molecule has 0 spiro atoms. The highest BCUT2D eigenvalue weighted by Gasteiger charge is 2.14. The van der Waals surface area contributed by atoms with Crippen molar-refractivity contribution >= 4 is 20.4 Å². The molecule has 2 aromatic rings. The second-order valence-electron chi connectivity index (χ2n) is 4.75. The lowest BCUT2D eigenvalue weighted by molar-refractivity contribution is 0.272. The number of hydrogen-bond donors (Lipinski definition) is 3. The monoisotopic (exact) mass is 377 g/mol. The minimum absolute atomic E-state index is 0.0746. The molecule has 0 unspecified atom stereocenters. The third-order valence-corrected chi connectivity index (χ3v) is 4.82. The highest BCUT2D eigenvalue weighted by atomic mass is 32.3. The van der Waals surface area contributed by atoms with E-state index in [-0.39, 0.29) is 17.0 Å². The standard InChI is InChI=1S/C12H15N3O7S2/c1-9-8-12(16)15(14-9)10-2-4-11(5-3-10)23(17,18)13-6-7-22-24(19,20)21/h2-5,8,13-14H,6-7H2,1H3,(H,19,20,21). The average molecular weight is 377 g/mol. The van der Waals surface area contributed by atoms with Crippen LogP contribution in [0.3, 0.4) is 0 Å². The van der Waals surface area contributed by atoms with Crippen LogP contribution in [0.1, 0.15) is 5.69 Å². The minimum Gasteiger partial charge on any atom is -0.295 e. The Kier molecular flexibility index (Phi) is 5.25. The van der Waals surface area contributed by atoms with Crippen LogP contribution in [0.5, 0.6) is 0 Å². The first kappa shape index (κ1) is 18.4. The summed E-state index contributed by atoms with van der Waals surface area (Å²) in [6.45, 7) is 0.821. The molecule has 1 aromatic heterocycles. The summed E-state index contributed by atoms with van der Waals surface area (Å²) in [5.74, 6) is 0. The van der Waals surface area contributed by atoms with E-state index in [0.29, 0.717) is 11.4 Å². The molecule has 0 bridgehead atoms. The summed E-state index contributed by atoms with van der Waals surface area (Å²) in [6, 6.07) is 6.89. The molecule has 12 heteroatoms. The fourth-order valence-electron chi connectivity index (χ4n) is 1.89. The quantitative estimate of drug-likeness (QED) is 0.438. The number of rotatable bonds is 7. The van der Waals surface area contributed by atoms with Gasteiger partial charge in [-0.05, 0) is 31.2 Å². The van der Waals surface area contributed by atoms with Crippen LogP contribution < -0.4 is 10.3 Å². The Balaban J connectivity index is 2.09. The van der Waals surface area contributed by atoms with Gasteiger partial charge in [-0.2, -0.15) is 8.42 Å². The van der Waals surface area contributed by atoms with Crippen LogP contribution in [0.2, 0.25) is 0 Å². The number of nitrogens with one attached hydrogen (secondary N) is 2. The van der Waals surface area contributed by atoms with Gasteiger partial charge < -0.3 is 0 Å². The second kappa shape index (κ2) is 6.86. The van der Waals surface area contributed by atoms with Crippen molar-refractivity contribution in [1.82, 2.24) is 14.5 Å². The SMILES string of the molecule is Cc1cc(=O)n(-c2ccc(S(=O)(=O)NCCOS(=O)(=O)O)cc2)[nH]1. The van der Waals surface area contributed by atoms with Crippen LogP contribution in [0.25, 0.3) is 5.69 Å². The van der Waals surface area contributed by atoms with Crippen molar-refractivity contribution in [1.29, 1.82) is 0 Å². The largest absolute Gasteiger partial charge is 0.397 e. The molecule has 3 N–H and O–H groups in total. The third kappa shape index (κ3) is 4.75. The number of aromatic amines is 1. The van der Waals surface area contributed by atoms with Gasteiger partial charge in [0.2, 0.25) is 10.0 Å². The number of hydrogen-bond acceptors (Lipinski definition) is 6. The molecule has 0 saturated heterocycles. The maximum Gasteiger partial charge on any atom is 0.397 e. The summed E-state index contributed by atoms with van der Waals surface area (Å²) in [4.78, 5) is 11.6. The number of aryl methyl sites for hydroxylation is 1. The normalized spacial score (nSPS) is 12.4. The molecular formula is C12H15N3O7S2. The first-order chi connectivity index (χ1) is 11.1. The van der Waals surface area contributed by atoms with Gasteiger partial charge in [0, 0.05) is 18.3 Å². The van der Waals surface area contributed by atoms with Crippen LogP contribution in [0.15, 0.2) is 40.0 Å². The summed E-state index contributed by atoms with van der Waals surface area (Å²) >= 11 is 0. The molecule has 0 aliphatic carbocycles. The third-order valence-electron chi connectivity index (χ3n) is 2.88. The summed E-state index contributed by atoms with van der Waals surface area (Å²) in [7, 11) is -8.50. The van der Waals surface area contributed by atoms with Gasteiger partial charge in [0.1, 0.15) is 0 Å². The number of nitrogens with zero attached hydrogens (tertiary/aromatic N) is 1. The maximum absolute atomic E-state index is 12.0. The lowest BCUT2D eigenvalue weighted by atomic mass is 10.3. The molecule has 0 radical (unpaired) electrons. The fourth-order valence-corrected chi connectivity index (χ4v) is 3.19. The second-order valence-corrected chi connectivity index (χ2v) is 7.61. The predicted molar refractivity (Wildman–Crippen MR) is 83.8 cm³/mol. The molecule has 1 aromatic carbocycles. The first-order valence-corrected chi connectivity index (χ1v) is 9.44. The van der Waals surface area contributed by atoms with Gasteiger partial charge in [-0.3, -0.25) is 14.4 Å². The fraction of sp³-hybridized carbons (Fsp3) is 0.250. The first-order valence-electron chi connectivity index (χ1n) is 6.59. The maximum atomic E-state index is 12.0. The zero-order chi connectivity index (χ0) is 18.0. The lowest BCUT2D eigenvalue weighted by Gasteiger charge is -2.07. The van der Waals surface area contributed by atoms with Crippen molar-refractivity contribution in [2.45, 2.75) is 11.8 Å². The highest BCUT2D eigenvalue weighted by molar-refractivity contribution is 7.89. The lowest BCUT2D eigenvalue weighted by Crippen LogP contribution is -2.28. The molecule has 2 rings (SSSR count). The van der Waals surface area contributed by atoms with Crippen LogP contribution in [0.4, 0.5) is 0 Å². The van der Waals surface area contributed by atoms with Crippen LogP contribution in [0, 0.1) is 6.92 Å². The molecule has 0 amide bonds. The Labute approximate surface area is 138 Å². The Morgan fingerprint density at radius 2 is 1.83 bits per heavy atom. The van der Waals surface area contributed by atoms with Crippen molar-refractivity contribution in [3.8, 4) is 5.69 Å². The molecule has 0 atom stereocenters. The van der Waals surface area contributed by atoms with E-state index in [4.69, 9.17) is 4.55 Å². The van der Waals surface area contributed by atoms with Crippen molar-refractivity contribution in [3.05, 3.63) is 46.4 Å². The van der Waals surface area contributed by atoms with Crippen molar-refractivity contribution in [2.24, 2.45) is 0 Å². The number of H-pyrrole nitrogens is 1. The van der Waals surface area contributed by atoms with E-state index in [2.05, 4.69) is 14.0 Å². The van der Waals surface area contributed by atoms with Gasteiger partial charge in [0.15, 0.2) is 0 Å². The predicted octanol–water partition coefficient (Wildman–Crippen LogP) is -0.428. The summed E-state index contributed by atoms with van der Waals surface area (Å²) in [5, 5.41) is 2.82. The summed E-state index contributed by atoms with van der Waals surface area (Å²) < 4.78 is 60.5. The average Bonchev–Trinajstić information content (AvgIpc) is 2.82. The molecule has 132 valence electrons. The van der Waals surface area contributed by atoms with Crippen molar-refractivity contribution in [3.63, 3.8) is 0 Å². The van der Waals surface area contributed by atoms with Crippen LogP contribution >= 0.6 is 0 Å². The molecule has 0 aliphatic heterocycles. The molecule has 1 heterocycles. The van der Waals surface area contributed by atoms with E-state index in [1.54, 1.807) is 6.92 Å². The van der Waals surface area contributed by atoms with Gasteiger partial charge in [-0.1, -0.05) is 0 Å². The van der Waals surface area contributed by atoms with E-state index in [1.165, 1.54) is 35.0 Å². The smallest absolute Gasteiger partial charge is 0.295 e. The Bertz CT molecular complexity index is 972. The zero-order valence-corrected chi connectivity index (χ0v) is 14.1. The topological polar surface area (TPSA) is 148 Å². The Hall–Kier alpha value is -1.99. The van der Waals surface area contributed by atoms with Gasteiger partial charge in [-0.15, -0.1) is 0 Å². The Morgan fingerprint density at radius 3 is 2.33 bits per heavy atom. The summed E-state index contributed by atoms with van der Waals surface area (Å²) in [5.41, 5.74) is 0.850. The zero-order valence-electron chi connectivity index (χ0n) is 12.5. The molecule has 10 nitrogen and oxygen atoms in total. The highest BCUT2D eigenvalue weighted by Crippen LogP contribution is 2.12. The van der Waals surface area contributed by atoms with Gasteiger partial charge in [-0.25, -0.2) is 22.0 Å². The summed E-state index contributed by atoms with van der Waals surface area (Å²) in [6.07, 6.45) is 0. The van der Waals surface area contributed by atoms with E-state index < -0.39 is 27.0 Å². The number of sulfonamides is 1. The van der Waals surface area contributed by atoms with E-state index in [0.717, 1.165) is 0 Å². The van der Waals surface area contributed by atoms with Crippen LogP contribution in [-0.2, 0) is 24.6 Å². The van der Waals surface area contributed by atoms with Crippen molar-refractivity contribution in [2.75, 3.05) is 13.2 Å². The molecule has 0 fully saturated rings. The van der Waals surface area contributed by atoms with Crippen LogP contribution in [-0.4, -0.2) is 44.3 Å². The van der Waals surface area contributed by atoms with Gasteiger partial charge in [0.25, 0.3) is 5.56 Å². The van der Waals surface area contributed by atoms with Gasteiger partial charge in [0.05, 0.1) is 17.2 Å². The van der Waals surface area contributed by atoms with E-state index in [1.807, 2.05) is 0 Å². The van der Waals surface area contributed by atoms with E-state index >= 15 is 0 Å².